The number of rotatable bonds is 6. The summed E-state index contributed by atoms with van der Waals surface area (Å²) in [6.45, 7) is 3.84. The molecule has 1 aliphatic rings. The third-order valence-electron chi connectivity index (χ3n) is 5.17. The van der Waals surface area contributed by atoms with Gasteiger partial charge in [0.05, 0.1) is 18.5 Å². The molecule has 0 spiro atoms. The zero-order chi connectivity index (χ0) is 21.0. The normalized spacial score (nSPS) is 14.9. The molecule has 2 aromatic rings. The number of anilines is 1. The molecule has 2 atom stereocenters. The highest BCUT2D eigenvalue weighted by atomic mass is 16.2. The Balaban J connectivity index is 1.69. The van der Waals surface area contributed by atoms with Crippen molar-refractivity contribution in [1.82, 2.24) is 10.6 Å². The smallest absolute Gasteiger partial charge is 0.312 e. The number of carbonyl (C=O) groups is 3. The molecule has 7 heteroatoms. The lowest BCUT2D eigenvalue weighted by molar-refractivity contribution is -0.122. The van der Waals surface area contributed by atoms with Crippen molar-refractivity contribution in [2.24, 2.45) is 5.73 Å². The fourth-order valence-electron chi connectivity index (χ4n) is 3.63. The molecule has 2 aromatic carbocycles. The maximum atomic E-state index is 12.7. The van der Waals surface area contributed by atoms with Crippen LogP contribution in [0.2, 0.25) is 0 Å². The monoisotopic (exact) mass is 394 g/mol. The minimum absolute atomic E-state index is 0.0239. The molecule has 3 rings (SSSR count). The lowest BCUT2D eigenvalue weighted by atomic mass is 9.96. The quantitative estimate of drug-likeness (QED) is 0.604. The highest BCUT2D eigenvalue weighted by Crippen LogP contribution is 2.26. The summed E-state index contributed by atoms with van der Waals surface area (Å²) < 4.78 is 0. The van der Waals surface area contributed by atoms with Crippen LogP contribution in [0.5, 0.6) is 0 Å². The van der Waals surface area contributed by atoms with Gasteiger partial charge in [-0.3, -0.25) is 9.59 Å². The molecule has 1 aliphatic heterocycles. The number of carbonyl (C=O) groups excluding carboxylic acids is 3. The second-order valence-corrected chi connectivity index (χ2v) is 7.38. The van der Waals surface area contributed by atoms with Crippen LogP contribution in [0.3, 0.4) is 0 Å². The van der Waals surface area contributed by atoms with Gasteiger partial charge in [0.1, 0.15) is 0 Å². The Morgan fingerprint density at radius 2 is 1.90 bits per heavy atom. The molecule has 2 unspecified atom stereocenters. The van der Waals surface area contributed by atoms with E-state index >= 15 is 0 Å². The van der Waals surface area contributed by atoms with Crippen molar-refractivity contribution >= 4 is 23.5 Å². The molecule has 0 saturated heterocycles. The van der Waals surface area contributed by atoms with Gasteiger partial charge in [-0.25, -0.2) is 4.79 Å². The minimum atomic E-state index is -0.671. The number of aryl methyl sites for hydroxylation is 2. The molecule has 1 heterocycles. The molecule has 4 amide bonds. The van der Waals surface area contributed by atoms with Gasteiger partial charge in [0.25, 0.3) is 0 Å². The number of primary amides is 1. The summed E-state index contributed by atoms with van der Waals surface area (Å²) in [7, 11) is 0. The summed E-state index contributed by atoms with van der Waals surface area (Å²) >= 11 is 0. The Hall–Kier alpha value is -3.35. The van der Waals surface area contributed by atoms with Gasteiger partial charge in [0.2, 0.25) is 11.8 Å². The van der Waals surface area contributed by atoms with E-state index < -0.39 is 12.1 Å². The first kappa shape index (κ1) is 20.4. The fourth-order valence-corrected chi connectivity index (χ4v) is 3.63. The molecule has 5 N–H and O–H groups in total. The van der Waals surface area contributed by atoms with Gasteiger partial charge in [-0.15, -0.1) is 0 Å². The molecular formula is C22H26N4O3. The van der Waals surface area contributed by atoms with Crippen molar-refractivity contribution in [2.45, 2.75) is 45.2 Å². The van der Waals surface area contributed by atoms with E-state index in [4.69, 9.17) is 5.73 Å². The lowest BCUT2D eigenvalue weighted by Crippen LogP contribution is -2.37. The van der Waals surface area contributed by atoms with E-state index in [1.165, 1.54) is 0 Å². The first-order valence-electron chi connectivity index (χ1n) is 9.67. The summed E-state index contributed by atoms with van der Waals surface area (Å²) in [5.74, 6) is -0.165. The van der Waals surface area contributed by atoms with Gasteiger partial charge in [-0.1, -0.05) is 36.4 Å². The second-order valence-electron chi connectivity index (χ2n) is 7.38. The molecule has 0 aliphatic carbocycles. The summed E-state index contributed by atoms with van der Waals surface area (Å²) in [5.41, 5.74) is 10.0. The van der Waals surface area contributed by atoms with Crippen LogP contribution in [0.4, 0.5) is 10.5 Å². The molecule has 152 valence electrons. The molecule has 0 fully saturated rings. The molecule has 0 aromatic heterocycles. The lowest BCUT2D eigenvalue weighted by Gasteiger charge is -2.23. The van der Waals surface area contributed by atoms with Gasteiger partial charge >= 0.3 is 6.03 Å². The Kier molecular flexibility index (Phi) is 6.16. The summed E-state index contributed by atoms with van der Waals surface area (Å²) in [4.78, 5) is 35.6. The summed E-state index contributed by atoms with van der Waals surface area (Å²) in [5, 5.41) is 8.51. The number of hydrogen-bond acceptors (Lipinski definition) is 3. The number of amides is 4. The fraction of sp³-hybridized carbons (Fsp3) is 0.318. The van der Waals surface area contributed by atoms with Crippen LogP contribution in [0, 0.1) is 6.92 Å². The van der Waals surface area contributed by atoms with Crippen LogP contribution in [0.25, 0.3) is 0 Å². The van der Waals surface area contributed by atoms with E-state index in [1.54, 1.807) is 0 Å². The zero-order valence-corrected chi connectivity index (χ0v) is 16.6. The van der Waals surface area contributed by atoms with E-state index in [-0.39, 0.29) is 24.3 Å². The van der Waals surface area contributed by atoms with Crippen molar-refractivity contribution in [3.05, 3.63) is 64.7 Å². The number of fused-ring (bicyclic) bond motifs is 1. The third kappa shape index (κ3) is 5.13. The third-order valence-corrected chi connectivity index (χ3v) is 5.17. The standard InChI is InChI=1S/C22H26N4O3/c1-13-5-3-4-6-17(13)19(26-22(23)29)12-21(28)24-14(2)15-7-9-18-16(11-15)8-10-20(27)25-18/h3-7,9,11,14,19H,8,10,12H2,1-2H3,(H,24,28)(H,25,27)(H3,23,26,29). The van der Waals surface area contributed by atoms with Crippen molar-refractivity contribution in [1.29, 1.82) is 0 Å². The molecule has 0 saturated carbocycles. The largest absolute Gasteiger partial charge is 0.352 e. The van der Waals surface area contributed by atoms with E-state index in [1.807, 2.05) is 56.3 Å². The Morgan fingerprint density at radius 3 is 2.62 bits per heavy atom. The van der Waals surface area contributed by atoms with Crippen LogP contribution in [-0.4, -0.2) is 17.8 Å². The Bertz CT molecular complexity index is 941. The first-order valence-corrected chi connectivity index (χ1v) is 9.67. The van der Waals surface area contributed by atoms with Crippen LogP contribution >= 0.6 is 0 Å². The Labute approximate surface area is 170 Å². The maximum absolute atomic E-state index is 12.7. The number of benzene rings is 2. The Morgan fingerprint density at radius 1 is 1.14 bits per heavy atom. The van der Waals surface area contributed by atoms with E-state index in [0.717, 1.165) is 27.9 Å². The van der Waals surface area contributed by atoms with E-state index in [2.05, 4.69) is 16.0 Å². The van der Waals surface area contributed by atoms with Gasteiger partial charge in [0.15, 0.2) is 0 Å². The number of nitrogens with two attached hydrogens (primary N) is 1. The van der Waals surface area contributed by atoms with Crippen molar-refractivity contribution in [2.75, 3.05) is 5.32 Å². The molecular weight excluding hydrogens is 368 g/mol. The highest BCUT2D eigenvalue weighted by Gasteiger charge is 2.21. The number of hydrogen-bond donors (Lipinski definition) is 4. The topological polar surface area (TPSA) is 113 Å². The predicted octanol–water partition coefficient (Wildman–Crippen LogP) is 2.86. The van der Waals surface area contributed by atoms with Crippen LogP contribution in [-0.2, 0) is 16.0 Å². The molecule has 7 nitrogen and oxygen atoms in total. The summed E-state index contributed by atoms with van der Waals surface area (Å²) in [6, 6.07) is 12.0. The average molecular weight is 394 g/mol. The van der Waals surface area contributed by atoms with E-state index in [0.29, 0.717) is 12.8 Å². The molecule has 29 heavy (non-hydrogen) atoms. The van der Waals surface area contributed by atoms with Crippen LogP contribution in [0.15, 0.2) is 42.5 Å². The average Bonchev–Trinajstić information content (AvgIpc) is 2.67. The van der Waals surface area contributed by atoms with Gasteiger partial charge in [-0.2, -0.15) is 0 Å². The second kappa shape index (κ2) is 8.77. The van der Waals surface area contributed by atoms with Gasteiger partial charge < -0.3 is 21.7 Å². The summed E-state index contributed by atoms with van der Waals surface area (Å²) in [6.07, 6.45) is 1.24. The van der Waals surface area contributed by atoms with E-state index in [9.17, 15) is 14.4 Å². The van der Waals surface area contributed by atoms with Crippen LogP contribution in [0.1, 0.15) is 54.1 Å². The van der Waals surface area contributed by atoms with Crippen molar-refractivity contribution in [3.8, 4) is 0 Å². The number of nitrogens with one attached hydrogen (secondary N) is 3. The van der Waals surface area contributed by atoms with Gasteiger partial charge in [0, 0.05) is 12.1 Å². The number of urea groups is 1. The minimum Gasteiger partial charge on any atom is -0.352 e. The SMILES string of the molecule is Cc1ccccc1C(CC(=O)NC(C)c1ccc2c(c1)CCC(=O)N2)NC(N)=O. The predicted molar refractivity (Wildman–Crippen MR) is 111 cm³/mol. The van der Waals surface area contributed by atoms with Crippen LogP contribution < -0.4 is 21.7 Å². The highest BCUT2D eigenvalue weighted by molar-refractivity contribution is 5.93. The van der Waals surface area contributed by atoms with Crippen molar-refractivity contribution < 1.29 is 14.4 Å². The molecule has 0 bridgehead atoms. The van der Waals surface area contributed by atoms with Crippen molar-refractivity contribution in [3.63, 3.8) is 0 Å². The first-order chi connectivity index (χ1) is 13.8. The maximum Gasteiger partial charge on any atom is 0.312 e. The van der Waals surface area contributed by atoms with Gasteiger partial charge in [-0.05, 0) is 48.6 Å². The zero-order valence-electron chi connectivity index (χ0n) is 16.6. The molecule has 0 radical (unpaired) electrons.